The molecule has 0 aromatic carbocycles. The molecular formula is C9H16N4. The van der Waals surface area contributed by atoms with Crippen molar-refractivity contribution in [2.75, 3.05) is 19.8 Å². The Labute approximate surface area is 78.8 Å². The molecule has 0 bridgehead atoms. The van der Waals surface area contributed by atoms with E-state index in [2.05, 4.69) is 21.8 Å². The highest BCUT2D eigenvalue weighted by Gasteiger charge is 2.11. The molecule has 0 fully saturated rings. The van der Waals surface area contributed by atoms with Gasteiger partial charge in [0.2, 0.25) is 5.95 Å². The molecule has 1 aromatic rings. The zero-order valence-corrected chi connectivity index (χ0v) is 8.57. The third kappa shape index (κ3) is 2.15. The van der Waals surface area contributed by atoms with E-state index in [1.165, 1.54) is 0 Å². The molecule has 13 heavy (non-hydrogen) atoms. The Morgan fingerprint density at radius 1 is 1.46 bits per heavy atom. The van der Waals surface area contributed by atoms with Crippen molar-refractivity contribution in [1.82, 2.24) is 14.9 Å². The predicted octanol–water partition coefficient (Wildman–Crippen LogP) is 0.990. The molecule has 1 atom stereocenters. The number of nitrogens with two attached hydrogens (primary N) is 1. The van der Waals surface area contributed by atoms with Crippen molar-refractivity contribution in [2.24, 2.45) is 0 Å². The molecule has 0 spiro atoms. The van der Waals surface area contributed by atoms with Gasteiger partial charge < -0.3 is 10.6 Å². The summed E-state index contributed by atoms with van der Waals surface area (Å²) in [5.74, 6) is 0.340. The van der Waals surface area contributed by atoms with Crippen molar-refractivity contribution in [1.29, 1.82) is 0 Å². The van der Waals surface area contributed by atoms with Gasteiger partial charge in [-0.25, -0.2) is 9.97 Å². The minimum absolute atomic E-state index is 0.320. The van der Waals surface area contributed by atoms with E-state index in [0.717, 1.165) is 11.3 Å². The molecule has 0 amide bonds. The molecule has 1 aromatic heterocycles. The Balaban J connectivity index is 3.01. The van der Waals surface area contributed by atoms with E-state index < -0.39 is 0 Å². The number of nitrogens with zero attached hydrogens (tertiary/aromatic N) is 3. The predicted molar refractivity (Wildman–Crippen MR) is 53.3 cm³/mol. The molecule has 2 N–H and O–H groups in total. The summed E-state index contributed by atoms with van der Waals surface area (Å²) in [5, 5.41) is 0. The van der Waals surface area contributed by atoms with Gasteiger partial charge >= 0.3 is 0 Å². The van der Waals surface area contributed by atoms with Crippen LogP contribution in [-0.2, 0) is 0 Å². The van der Waals surface area contributed by atoms with E-state index in [1.54, 1.807) is 6.20 Å². The van der Waals surface area contributed by atoms with Crippen LogP contribution in [0.1, 0.15) is 24.2 Å². The van der Waals surface area contributed by atoms with Gasteiger partial charge in [0.05, 0.1) is 0 Å². The first-order chi connectivity index (χ1) is 6.02. The van der Waals surface area contributed by atoms with Crippen molar-refractivity contribution in [3.63, 3.8) is 0 Å². The minimum atomic E-state index is 0.320. The van der Waals surface area contributed by atoms with Gasteiger partial charge in [-0.3, -0.25) is 0 Å². The standard InChI is InChI=1S/C9H16N4/c1-6-8(7(2)13(3)4)5-11-9(10)12-6/h5,7H,1-4H3,(H2,10,11,12). The highest BCUT2D eigenvalue weighted by Crippen LogP contribution is 2.18. The van der Waals surface area contributed by atoms with E-state index >= 15 is 0 Å². The summed E-state index contributed by atoms with van der Waals surface area (Å²) in [6, 6.07) is 0.320. The maximum absolute atomic E-state index is 5.47. The van der Waals surface area contributed by atoms with Crippen molar-refractivity contribution >= 4 is 5.95 Å². The number of hydrogen-bond acceptors (Lipinski definition) is 4. The molecule has 1 rings (SSSR count). The Morgan fingerprint density at radius 3 is 2.54 bits per heavy atom. The monoisotopic (exact) mass is 180 g/mol. The van der Waals surface area contributed by atoms with Crippen LogP contribution < -0.4 is 5.73 Å². The van der Waals surface area contributed by atoms with Crippen LogP contribution in [0, 0.1) is 6.92 Å². The Hall–Kier alpha value is -1.16. The van der Waals surface area contributed by atoms with Crippen LogP contribution in [0.4, 0.5) is 5.95 Å². The summed E-state index contributed by atoms with van der Waals surface area (Å²) < 4.78 is 0. The molecule has 0 aliphatic carbocycles. The largest absolute Gasteiger partial charge is 0.368 e. The highest BCUT2D eigenvalue weighted by atomic mass is 15.1. The molecule has 0 saturated heterocycles. The lowest BCUT2D eigenvalue weighted by Gasteiger charge is -2.20. The molecule has 1 heterocycles. The molecule has 0 saturated carbocycles. The lowest BCUT2D eigenvalue weighted by atomic mass is 10.1. The van der Waals surface area contributed by atoms with Crippen molar-refractivity contribution in [3.05, 3.63) is 17.5 Å². The molecular weight excluding hydrogens is 164 g/mol. The van der Waals surface area contributed by atoms with Gasteiger partial charge in [-0.2, -0.15) is 0 Å². The average molecular weight is 180 g/mol. The zero-order valence-electron chi connectivity index (χ0n) is 8.57. The normalized spacial score (nSPS) is 13.3. The van der Waals surface area contributed by atoms with Crippen LogP contribution in [0.25, 0.3) is 0 Å². The van der Waals surface area contributed by atoms with Crippen LogP contribution in [0.15, 0.2) is 6.20 Å². The Bertz CT molecular complexity index is 296. The second kappa shape index (κ2) is 3.70. The van der Waals surface area contributed by atoms with Crippen LogP contribution in [0.2, 0.25) is 0 Å². The molecule has 0 aliphatic heterocycles. The maximum atomic E-state index is 5.47. The number of rotatable bonds is 2. The van der Waals surface area contributed by atoms with E-state index in [0.29, 0.717) is 12.0 Å². The minimum Gasteiger partial charge on any atom is -0.368 e. The number of aromatic nitrogens is 2. The molecule has 72 valence electrons. The van der Waals surface area contributed by atoms with Gasteiger partial charge in [-0.15, -0.1) is 0 Å². The number of hydrogen-bond donors (Lipinski definition) is 1. The van der Waals surface area contributed by atoms with Crippen LogP contribution in [0.5, 0.6) is 0 Å². The second-order valence-corrected chi connectivity index (χ2v) is 3.41. The van der Waals surface area contributed by atoms with E-state index in [-0.39, 0.29) is 0 Å². The third-order valence-corrected chi connectivity index (χ3v) is 2.26. The summed E-state index contributed by atoms with van der Waals surface area (Å²) in [6.45, 7) is 4.06. The van der Waals surface area contributed by atoms with E-state index in [9.17, 15) is 0 Å². The third-order valence-electron chi connectivity index (χ3n) is 2.26. The van der Waals surface area contributed by atoms with Gasteiger partial charge in [0.1, 0.15) is 0 Å². The first kappa shape index (κ1) is 9.92. The fraction of sp³-hybridized carbons (Fsp3) is 0.556. The molecule has 4 heteroatoms. The first-order valence-electron chi connectivity index (χ1n) is 4.28. The number of anilines is 1. The number of aryl methyl sites for hydroxylation is 1. The smallest absolute Gasteiger partial charge is 0.220 e. The molecule has 4 nitrogen and oxygen atoms in total. The lowest BCUT2D eigenvalue weighted by Crippen LogP contribution is -2.18. The van der Waals surface area contributed by atoms with E-state index in [1.807, 2.05) is 21.0 Å². The average Bonchev–Trinajstić information content (AvgIpc) is 2.03. The maximum Gasteiger partial charge on any atom is 0.220 e. The SMILES string of the molecule is Cc1nc(N)ncc1C(C)N(C)C. The van der Waals surface area contributed by atoms with Crippen molar-refractivity contribution in [3.8, 4) is 0 Å². The first-order valence-corrected chi connectivity index (χ1v) is 4.28. The van der Waals surface area contributed by atoms with Gasteiger partial charge in [-0.05, 0) is 27.9 Å². The van der Waals surface area contributed by atoms with E-state index in [4.69, 9.17) is 5.73 Å². The lowest BCUT2D eigenvalue weighted by molar-refractivity contribution is 0.319. The molecule has 0 radical (unpaired) electrons. The summed E-state index contributed by atoms with van der Waals surface area (Å²) >= 11 is 0. The van der Waals surface area contributed by atoms with Crippen molar-refractivity contribution < 1.29 is 0 Å². The van der Waals surface area contributed by atoms with Gasteiger partial charge in [0.25, 0.3) is 0 Å². The van der Waals surface area contributed by atoms with Crippen molar-refractivity contribution in [2.45, 2.75) is 19.9 Å². The fourth-order valence-corrected chi connectivity index (χ4v) is 1.18. The summed E-state index contributed by atoms with van der Waals surface area (Å²) in [6.07, 6.45) is 1.79. The van der Waals surface area contributed by atoms with Crippen LogP contribution >= 0.6 is 0 Å². The van der Waals surface area contributed by atoms with Crippen LogP contribution in [-0.4, -0.2) is 29.0 Å². The zero-order chi connectivity index (χ0) is 10.0. The summed E-state index contributed by atoms with van der Waals surface area (Å²) in [7, 11) is 4.06. The van der Waals surface area contributed by atoms with Gasteiger partial charge in [0, 0.05) is 23.5 Å². The molecule has 0 aliphatic rings. The topological polar surface area (TPSA) is 55.0 Å². The highest BCUT2D eigenvalue weighted by molar-refractivity contribution is 5.26. The summed E-state index contributed by atoms with van der Waals surface area (Å²) in [4.78, 5) is 10.2. The quantitative estimate of drug-likeness (QED) is 0.737. The second-order valence-electron chi connectivity index (χ2n) is 3.41. The Kier molecular flexibility index (Phi) is 2.83. The van der Waals surface area contributed by atoms with Gasteiger partial charge in [-0.1, -0.05) is 0 Å². The number of nitrogen functional groups attached to an aromatic ring is 1. The van der Waals surface area contributed by atoms with Gasteiger partial charge in [0.15, 0.2) is 0 Å². The molecule has 1 unspecified atom stereocenters. The van der Waals surface area contributed by atoms with Crippen LogP contribution in [0.3, 0.4) is 0 Å². The fourth-order valence-electron chi connectivity index (χ4n) is 1.18. The Morgan fingerprint density at radius 2 is 2.08 bits per heavy atom. The summed E-state index contributed by atoms with van der Waals surface area (Å²) in [5.41, 5.74) is 7.54.